The molecule has 1 unspecified atom stereocenters. The van der Waals surface area contributed by atoms with Gasteiger partial charge in [-0.25, -0.2) is 8.42 Å². The van der Waals surface area contributed by atoms with Gasteiger partial charge in [0.2, 0.25) is 10.0 Å². The fraction of sp³-hybridized carbons (Fsp3) is 0.650. The number of hydrogen-bond acceptors (Lipinski definition) is 4. The van der Waals surface area contributed by atoms with Gasteiger partial charge in [0.15, 0.2) is 0 Å². The second-order valence-electron chi connectivity index (χ2n) is 8.07. The predicted molar refractivity (Wildman–Crippen MR) is 108 cm³/mol. The molecule has 0 radical (unpaired) electrons. The number of rotatable bonds is 7. The van der Waals surface area contributed by atoms with Gasteiger partial charge >= 0.3 is 0 Å². The smallest absolute Gasteiger partial charge is 0.251 e. The molecule has 0 aliphatic heterocycles. The van der Waals surface area contributed by atoms with Gasteiger partial charge in [-0.15, -0.1) is 0 Å². The maximum atomic E-state index is 12.9. The van der Waals surface area contributed by atoms with Crippen molar-refractivity contribution in [2.24, 2.45) is 11.7 Å². The highest BCUT2D eigenvalue weighted by Crippen LogP contribution is 2.26. The number of carbonyl (C=O) groups excluding carboxylic acids is 1. The van der Waals surface area contributed by atoms with Crippen LogP contribution in [0.25, 0.3) is 0 Å². The third-order valence-corrected chi connectivity index (χ3v) is 7.90. The van der Waals surface area contributed by atoms with E-state index < -0.39 is 15.6 Å². The number of sulfonamides is 1. The minimum absolute atomic E-state index is 0.0584. The molecule has 1 aliphatic carbocycles. The summed E-state index contributed by atoms with van der Waals surface area (Å²) in [4.78, 5) is 12.8. The molecule has 1 amide bonds. The number of nitrogens with zero attached hydrogens (tertiary/aromatic N) is 1. The summed E-state index contributed by atoms with van der Waals surface area (Å²) in [6, 6.07) is 6.21. The third-order valence-electron chi connectivity index (χ3n) is 5.98. The molecule has 1 atom stereocenters. The van der Waals surface area contributed by atoms with Gasteiger partial charge in [0.25, 0.3) is 5.91 Å². The summed E-state index contributed by atoms with van der Waals surface area (Å²) >= 11 is 0. The van der Waals surface area contributed by atoms with Crippen molar-refractivity contribution in [2.45, 2.75) is 69.4 Å². The normalized spacial score (nSPS) is 18.5. The molecule has 0 heterocycles. The molecule has 0 aromatic heterocycles. The van der Waals surface area contributed by atoms with Crippen LogP contribution < -0.4 is 11.1 Å². The zero-order chi connectivity index (χ0) is 20.2. The van der Waals surface area contributed by atoms with E-state index in [1.165, 1.54) is 22.9 Å². The molecule has 1 fully saturated rings. The van der Waals surface area contributed by atoms with Crippen molar-refractivity contribution in [2.75, 3.05) is 13.6 Å². The quantitative estimate of drug-likeness (QED) is 0.742. The lowest BCUT2D eigenvalue weighted by molar-refractivity contribution is 0.0883. The van der Waals surface area contributed by atoms with E-state index in [0.717, 1.165) is 25.7 Å². The van der Waals surface area contributed by atoms with Gasteiger partial charge in [0, 0.05) is 25.2 Å². The van der Waals surface area contributed by atoms with Crippen LogP contribution in [0.4, 0.5) is 0 Å². The number of carbonyl (C=O) groups is 1. The Balaban J connectivity index is 2.15. The lowest BCUT2D eigenvalue weighted by Gasteiger charge is -2.33. The van der Waals surface area contributed by atoms with Crippen molar-refractivity contribution >= 4 is 15.9 Å². The number of nitrogens with one attached hydrogen (secondary N) is 1. The molecule has 1 aromatic carbocycles. The van der Waals surface area contributed by atoms with Gasteiger partial charge in [0.1, 0.15) is 0 Å². The Bertz CT molecular complexity index is 740. The first kappa shape index (κ1) is 21.9. The Labute approximate surface area is 163 Å². The Hall–Kier alpha value is -1.44. The van der Waals surface area contributed by atoms with Gasteiger partial charge in [-0.1, -0.05) is 33.1 Å². The van der Waals surface area contributed by atoms with Crippen molar-refractivity contribution in [1.82, 2.24) is 9.62 Å². The second kappa shape index (κ2) is 8.71. The predicted octanol–water partition coefficient (Wildman–Crippen LogP) is 2.74. The van der Waals surface area contributed by atoms with Crippen molar-refractivity contribution in [3.63, 3.8) is 0 Å². The van der Waals surface area contributed by atoms with Gasteiger partial charge in [0.05, 0.1) is 10.4 Å². The van der Waals surface area contributed by atoms with Crippen LogP contribution in [0, 0.1) is 5.92 Å². The average molecular weight is 396 g/mol. The molecule has 0 spiro atoms. The monoisotopic (exact) mass is 395 g/mol. The molecule has 27 heavy (non-hydrogen) atoms. The summed E-state index contributed by atoms with van der Waals surface area (Å²) in [5.74, 6) is -0.0727. The molecule has 1 saturated carbocycles. The Morgan fingerprint density at radius 2 is 1.78 bits per heavy atom. The largest absolute Gasteiger partial charge is 0.345 e. The maximum absolute atomic E-state index is 12.9. The highest BCUT2D eigenvalue weighted by Gasteiger charge is 2.30. The lowest BCUT2D eigenvalue weighted by atomic mass is 9.88. The fourth-order valence-corrected chi connectivity index (χ4v) is 4.76. The van der Waals surface area contributed by atoms with Gasteiger partial charge < -0.3 is 11.1 Å². The van der Waals surface area contributed by atoms with Crippen LogP contribution in [0.5, 0.6) is 0 Å². The van der Waals surface area contributed by atoms with Crippen LogP contribution >= 0.6 is 0 Å². The van der Waals surface area contributed by atoms with E-state index >= 15 is 0 Å². The summed E-state index contributed by atoms with van der Waals surface area (Å²) < 4.78 is 27.3. The van der Waals surface area contributed by atoms with Crippen molar-refractivity contribution < 1.29 is 13.2 Å². The van der Waals surface area contributed by atoms with E-state index in [9.17, 15) is 13.2 Å². The van der Waals surface area contributed by atoms with E-state index in [0.29, 0.717) is 12.1 Å². The molecule has 1 aromatic rings. The minimum Gasteiger partial charge on any atom is -0.345 e. The summed E-state index contributed by atoms with van der Waals surface area (Å²) in [6.45, 7) is 6.25. The van der Waals surface area contributed by atoms with Crippen LogP contribution in [0.1, 0.15) is 63.2 Å². The molecule has 0 bridgehead atoms. The molecular weight excluding hydrogens is 362 g/mol. The number of amides is 1. The van der Waals surface area contributed by atoms with Gasteiger partial charge in [-0.2, -0.15) is 4.31 Å². The van der Waals surface area contributed by atoms with E-state index in [1.54, 1.807) is 19.2 Å². The van der Waals surface area contributed by atoms with Crippen LogP contribution in [-0.2, 0) is 10.0 Å². The maximum Gasteiger partial charge on any atom is 0.251 e. The minimum atomic E-state index is -3.55. The first-order valence-electron chi connectivity index (χ1n) is 9.72. The van der Waals surface area contributed by atoms with Crippen molar-refractivity contribution in [3.05, 3.63) is 29.8 Å². The van der Waals surface area contributed by atoms with Crippen molar-refractivity contribution in [1.29, 1.82) is 0 Å². The molecule has 7 heteroatoms. The number of hydrogen-bond donors (Lipinski definition) is 2. The van der Waals surface area contributed by atoms with Crippen LogP contribution in [0.2, 0.25) is 0 Å². The average Bonchev–Trinajstić information content (AvgIpc) is 2.67. The van der Waals surface area contributed by atoms with Gasteiger partial charge in [-0.3, -0.25) is 4.79 Å². The molecule has 152 valence electrons. The molecular formula is C20H33N3O3S. The van der Waals surface area contributed by atoms with Crippen LogP contribution in [0.3, 0.4) is 0 Å². The molecule has 6 nitrogen and oxygen atoms in total. The zero-order valence-corrected chi connectivity index (χ0v) is 17.7. The highest BCUT2D eigenvalue weighted by atomic mass is 32.2. The van der Waals surface area contributed by atoms with Crippen molar-refractivity contribution in [3.8, 4) is 0 Å². The van der Waals surface area contributed by atoms with Crippen LogP contribution in [-0.4, -0.2) is 43.8 Å². The van der Waals surface area contributed by atoms with E-state index in [4.69, 9.17) is 5.73 Å². The highest BCUT2D eigenvalue weighted by molar-refractivity contribution is 7.89. The molecule has 0 saturated heterocycles. The van der Waals surface area contributed by atoms with Crippen LogP contribution in [0.15, 0.2) is 29.2 Å². The van der Waals surface area contributed by atoms with E-state index in [2.05, 4.69) is 5.32 Å². The summed E-state index contributed by atoms with van der Waals surface area (Å²) in [5.41, 5.74) is 5.73. The Kier molecular flexibility index (Phi) is 7.05. The van der Waals surface area contributed by atoms with Gasteiger partial charge in [-0.05, 0) is 49.9 Å². The summed E-state index contributed by atoms with van der Waals surface area (Å²) in [7, 11) is -1.90. The summed E-state index contributed by atoms with van der Waals surface area (Å²) in [5, 5.41) is 2.97. The Morgan fingerprint density at radius 3 is 2.26 bits per heavy atom. The van der Waals surface area contributed by atoms with E-state index in [-0.39, 0.29) is 22.8 Å². The molecule has 1 aliphatic rings. The zero-order valence-electron chi connectivity index (χ0n) is 16.9. The first-order valence-corrected chi connectivity index (χ1v) is 11.2. The Morgan fingerprint density at radius 1 is 1.22 bits per heavy atom. The number of benzene rings is 1. The standard InChI is InChI=1S/C20H33N3O3S/c1-15(2)20(3,14-21)22-19(24)16-10-12-18(13-11-16)27(25,26)23(4)17-8-6-5-7-9-17/h10-13,15,17H,5-9,14,21H2,1-4H3,(H,22,24). The summed E-state index contributed by atoms with van der Waals surface area (Å²) in [6.07, 6.45) is 5.12. The topological polar surface area (TPSA) is 92.5 Å². The first-order chi connectivity index (χ1) is 12.6. The lowest BCUT2D eigenvalue weighted by Crippen LogP contribution is -2.55. The fourth-order valence-electron chi connectivity index (χ4n) is 3.35. The second-order valence-corrected chi connectivity index (χ2v) is 10.1. The third kappa shape index (κ3) is 4.89. The number of nitrogens with two attached hydrogens (primary N) is 1. The van der Waals surface area contributed by atoms with E-state index in [1.807, 2.05) is 20.8 Å². The molecule has 2 rings (SSSR count). The SMILES string of the molecule is CC(C)C(C)(CN)NC(=O)c1ccc(S(=O)(=O)N(C)C2CCCCC2)cc1. The molecule has 3 N–H and O–H groups in total.